The summed E-state index contributed by atoms with van der Waals surface area (Å²) in [5, 5.41) is 3.21. The van der Waals surface area contributed by atoms with Crippen molar-refractivity contribution in [2.45, 2.75) is 6.54 Å². The Balaban J connectivity index is 2.06. The van der Waals surface area contributed by atoms with Crippen LogP contribution in [0.2, 0.25) is 5.02 Å². The summed E-state index contributed by atoms with van der Waals surface area (Å²) in [5.41, 5.74) is 1.33. The van der Waals surface area contributed by atoms with Gasteiger partial charge < -0.3 is 10.1 Å². The third-order valence-electron chi connectivity index (χ3n) is 2.66. The Labute approximate surface area is 130 Å². The highest BCUT2D eigenvalue weighted by Crippen LogP contribution is 2.25. The molecule has 0 atom stereocenters. The van der Waals surface area contributed by atoms with E-state index >= 15 is 0 Å². The van der Waals surface area contributed by atoms with Crippen LogP contribution in [0.5, 0.6) is 5.88 Å². The Morgan fingerprint density at radius 3 is 3.00 bits per heavy atom. The molecule has 6 heteroatoms. The summed E-state index contributed by atoms with van der Waals surface area (Å²) < 4.78 is 5.72. The number of halogens is 2. The van der Waals surface area contributed by atoms with Crippen LogP contribution in [-0.4, -0.2) is 18.0 Å². The average Bonchev–Trinajstić information content (AvgIpc) is 2.48. The van der Waals surface area contributed by atoms with Gasteiger partial charge in [-0.3, -0.25) is 4.79 Å². The van der Waals surface area contributed by atoms with E-state index in [0.717, 1.165) is 5.56 Å². The van der Waals surface area contributed by atoms with Gasteiger partial charge in [0.2, 0.25) is 5.88 Å². The second-order valence-electron chi connectivity index (χ2n) is 3.99. The third-order valence-corrected chi connectivity index (χ3v) is 3.95. The summed E-state index contributed by atoms with van der Waals surface area (Å²) in [5.74, 6) is 0.282. The van der Waals surface area contributed by atoms with Gasteiger partial charge in [0.05, 0.1) is 17.7 Å². The zero-order chi connectivity index (χ0) is 14.5. The molecule has 0 spiro atoms. The van der Waals surface area contributed by atoms with Crippen molar-refractivity contribution in [1.82, 2.24) is 10.3 Å². The van der Waals surface area contributed by atoms with E-state index in [1.165, 1.54) is 0 Å². The summed E-state index contributed by atoms with van der Waals surface area (Å²) in [4.78, 5) is 16.1. The van der Waals surface area contributed by atoms with Crippen molar-refractivity contribution in [1.29, 1.82) is 0 Å². The maximum atomic E-state index is 12.1. The summed E-state index contributed by atoms with van der Waals surface area (Å²) in [6, 6.07) is 8.80. The lowest BCUT2D eigenvalue weighted by Crippen LogP contribution is -2.23. The number of amides is 1. The highest BCUT2D eigenvalue weighted by atomic mass is 79.9. The molecule has 0 bridgehead atoms. The van der Waals surface area contributed by atoms with Crippen molar-refractivity contribution in [2.75, 3.05) is 7.11 Å². The van der Waals surface area contributed by atoms with Gasteiger partial charge in [0.15, 0.2) is 0 Å². The highest BCUT2D eigenvalue weighted by Gasteiger charge is 2.12. The third kappa shape index (κ3) is 3.49. The maximum Gasteiger partial charge on any atom is 0.253 e. The number of ether oxygens (including phenoxy) is 1. The predicted octanol–water partition coefficient (Wildman–Crippen LogP) is 3.44. The number of hydrogen-bond acceptors (Lipinski definition) is 3. The van der Waals surface area contributed by atoms with Crippen LogP contribution in [0.25, 0.3) is 0 Å². The number of hydrogen-bond donors (Lipinski definition) is 1. The van der Waals surface area contributed by atoms with Crippen molar-refractivity contribution < 1.29 is 9.53 Å². The molecule has 1 aromatic heterocycles. The van der Waals surface area contributed by atoms with Crippen LogP contribution in [0.4, 0.5) is 0 Å². The summed E-state index contributed by atoms with van der Waals surface area (Å²) >= 11 is 9.37. The van der Waals surface area contributed by atoms with E-state index in [2.05, 4.69) is 26.2 Å². The van der Waals surface area contributed by atoms with Gasteiger partial charge in [-0.1, -0.05) is 17.7 Å². The van der Waals surface area contributed by atoms with Crippen molar-refractivity contribution in [3.8, 4) is 5.88 Å². The topological polar surface area (TPSA) is 51.2 Å². The van der Waals surface area contributed by atoms with Crippen molar-refractivity contribution in [2.24, 2.45) is 0 Å². The SMILES string of the molecule is COc1cc(CNC(=O)c2cccc(Br)c2Cl)ccn1. The fourth-order valence-electron chi connectivity index (χ4n) is 1.63. The molecule has 0 radical (unpaired) electrons. The quantitative estimate of drug-likeness (QED) is 0.914. The fourth-order valence-corrected chi connectivity index (χ4v) is 2.21. The number of rotatable bonds is 4. The molecule has 0 fully saturated rings. The van der Waals surface area contributed by atoms with Gasteiger partial charge in [0.25, 0.3) is 5.91 Å². The zero-order valence-corrected chi connectivity index (χ0v) is 13.0. The number of carbonyl (C=O) groups is 1. The Morgan fingerprint density at radius 2 is 2.25 bits per heavy atom. The fraction of sp³-hybridized carbons (Fsp3) is 0.143. The Kier molecular flexibility index (Phi) is 4.98. The second-order valence-corrected chi connectivity index (χ2v) is 5.22. The van der Waals surface area contributed by atoms with E-state index in [1.54, 1.807) is 37.6 Å². The molecule has 1 N–H and O–H groups in total. The standard InChI is InChI=1S/C14H12BrClN2O2/c1-20-12-7-9(5-6-17-12)8-18-14(19)10-3-2-4-11(15)13(10)16/h2-7H,8H2,1H3,(H,18,19). The van der Waals surface area contributed by atoms with Crippen LogP contribution < -0.4 is 10.1 Å². The van der Waals surface area contributed by atoms with E-state index in [9.17, 15) is 4.79 Å². The molecule has 4 nitrogen and oxygen atoms in total. The van der Waals surface area contributed by atoms with Gasteiger partial charge in [-0.15, -0.1) is 0 Å². The molecule has 2 rings (SSSR count). The minimum absolute atomic E-state index is 0.230. The molecular weight excluding hydrogens is 344 g/mol. The highest BCUT2D eigenvalue weighted by molar-refractivity contribution is 9.10. The average molecular weight is 356 g/mol. The number of aromatic nitrogens is 1. The lowest BCUT2D eigenvalue weighted by molar-refractivity contribution is 0.0951. The molecule has 0 saturated heterocycles. The van der Waals surface area contributed by atoms with Crippen LogP contribution in [0.15, 0.2) is 41.0 Å². The number of benzene rings is 1. The number of methoxy groups -OCH3 is 1. The molecule has 0 aliphatic carbocycles. The van der Waals surface area contributed by atoms with Crippen molar-refractivity contribution in [3.63, 3.8) is 0 Å². The minimum atomic E-state index is -0.230. The summed E-state index contributed by atoms with van der Waals surface area (Å²) in [7, 11) is 1.55. The van der Waals surface area contributed by atoms with Crippen LogP contribution >= 0.6 is 27.5 Å². The Morgan fingerprint density at radius 1 is 1.45 bits per heavy atom. The number of nitrogens with one attached hydrogen (secondary N) is 1. The minimum Gasteiger partial charge on any atom is -0.481 e. The van der Waals surface area contributed by atoms with Gasteiger partial charge in [-0.25, -0.2) is 4.98 Å². The smallest absolute Gasteiger partial charge is 0.253 e. The number of nitrogens with zero attached hydrogens (tertiary/aromatic N) is 1. The maximum absolute atomic E-state index is 12.1. The first kappa shape index (κ1) is 14.8. The monoisotopic (exact) mass is 354 g/mol. The Hall–Kier alpha value is -1.59. The molecule has 1 aromatic carbocycles. The van der Waals surface area contributed by atoms with Gasteiger partial charge in [-0.05, 0) is 39.7 Å². The lowest BCUT2D eigenvalue weighted by atomic mass is 10.2. The lowest BCUT2D eigenvalue weighted by Gasteiger charge is -2.08. The van der Waals surface area contributed by atoms with E-state index in [1.807, 2.05) is 6.07 Å². The molecule has 1 amide bonds. The second kappa shape index (κ2) is 6.72. The first-order valence-electron chi connectivity index (χ1n) is 5.83. The molecule has 20 heavy (non-hydrogen) atoms. The van der Waals surface area contributed by atoms with Gasteiger partial charge in [0, 0.05) is 23.3 Å². The first-order valence-corrected chi connectivity index (χ1v) is 7.00. The van der Waals surface area contributed by atoms with Crippen molar-refractivity contribution in [3.05, 3.63) is 57.2 Å². The van der Waals surface area contributed by atoms with E-state index in [4.69, 9.17) is 16.3 Å². The largest absolute Gasteiger partial charge is 0.481 e. The number of pyridine rings is 1. The number of carbonyl (C=O) groups excluding carboxylic acids is 1. The predicted molar refractivity (Wildman–Crippen MR) is 81.1 cm³/mol. The molecule has 1 heterocycles. The summed E-state index contributed by atoms with van der Waals surface area (Å²) in [6.07, 6.45) is 1.63. The van der Waals surface area contributed by atoms with Gasteiger partial charge in [-0.2, -0.15) is 0 Å². The first-order chi connectivity index (χ1) is 9.61. The van der Waals surface area contributed by atoms with Crippen LogP contribution in [0.1, 0.15) is 15.9 Å². The van der Waals surface area contributed by atoms with E-state index in [-0.39, 0.29) is 5.91 Å². The normalized spacial score (nSPS) is 10.2. The van der Waals surface area contributed by atoms with E-state index in [0.29, 0.717) is 27.5 Å². The molecule has 104 valence electrons. The van der Waals surface area contributed by atoms with E-state index < -0.39 is 0 Å². The molecule has 0 unspecified atom stereocenters. The molecule has 0 aliphatic rings. The van der Waals surface area contributed by atoms with Crippen LogP contribution in [0.3, 0.4) is 0 Å². The van der Waals surface area contributed by atoms with Gasteiger partial charge >= 0.3 is 0 Å². The Bertz CT molecular complexity index is 634. The zero-order valence-electron chi connectivity index (χ0n) is 10.7. The van der Waals surface area contributed by atoms with Crippen molar-refractivity contribution >= 4 is 33.4 Å². The summed E-state index contributed by atoms with van der Waals surface area (Å²) in [6.45, 7) is 0.376. The molecule has 2 aromatic rings. The molecular formula is C14H12BrClN2O2. The van der Waals surface area contributed by atoms with Crippen LogP contribution in [0, 0.1) is 0 Å². The van der Waals surface area contributed by atoms with Crippen LogP contribution in [-0.2, 0) is 6.54 Å². The van der Waals surface area contributed by atoms with Gasteiger partial charge in [0.1, 0.15) is 0 Å². The molecule has 0 aliphatic heterocycles. The molecule has 0 saturated carbocycles.